The van der Waals surface area contributed by atoms with Gasteiger partial charge in [0.1, 0.15) is 6.04 Å². The van der Waals surface area contributed by atoms with Crippen LogP contribution in [-0.2, 0) is 4.79 Å². The van der Waals surface area contributed by atoms with Crippen LogP contribution in [0.2, 0.25) is 0 Å². The van der Waals surface area contributed by atoms with Crippen LogP contribution in [0.5, 0.6) is 0 Å². The molecule has 0 aromatic heterocycles. The van der Waals surface area contributed by atoms with Crippen molar-refractivity contribution in [3.63, 3.8) is 0 Å². The molecule has 0 heterocycles. The lowest BCUT2D eigenvalue weighted by Crippen LogP contribution is -2.42. The Kier molecular flexibility index (Phi) is 3.28. The van der Waals surface area contributed by atoms with E-state index in [-0.39, 0.29) is 5.91 Å². The van der Waals surface area contributed by atoms with Crippen LogP contribution in [0.15, 0.2) is 24.3 Å². The van der Waals surface area contributed by atoms with Crippen molar-refractivity contribution in [1.29, 1.82) is 0 Å². The van der Waals surface area contributed by atoms with Crippen molar-refractivity contribution in [3.8, 4) is 0 Å². The molecule has 0 aliphatic rings. The van der Waals surface area contributed by atoms with Gasteiger partial charge in [0.15, 0.2) is 0 Å². The second kappa shape index (κ2) is 4.45. The number of amides is 2. The van der Waals surface area contributed by atoms with Crippen LogP contribution in [0.25, 0.3) is 0 Å². The van der Waals surface area contributed by atoms with Gasteiger partial charge in [-0.05, 0) is 25.1 Å². The van der Waals surface area contributed by atoms with E-state index in [4.69, 9.17) is 11.5 Å². The molecule has 15 heavy (non-hydrogen) atoms. The van der Waals surface area contributed by atoms with Crippen LogP contribution in [-0.4, -0.2) is 17.9 Å². The van der Waals surface area contributed by atoms with E-state index in [0.29, 0.717) is 11.3 Å². The molecule has 2 amide bonds. The molecule has 1 unspecified atom stereocenters. The number of nitrogens with one attached hydrogen (secondary N) is 1. The van der Waals surface area contributed by atoms with E-state index in [9.17, 15) is 9.59 Å². The molecule has 80 valence electrons. The molecular weight excluding hydrogens is 194 g/mol. The molecule has 1 aromatic carbocycles. The molecule has 0 fully saturated rings. The Labute approximate surface area is 87.4 Å². The van der Waals surface area contributed by atoms with Gasteiger partial charge in [0.25, 0.3) is 5.91 Å². The molecule has 5 N–H and O–H groups in total. The lowest BCUT2D eigenvalue weighted by molar-refractivity contribution is -0.119. The summed E-state index contributed by atoms with van der Waals surface area (Å²) in [6.07, 6.45) is 0. The first-order valence-corrected chi connectivity index (χ1v) is 4.46. The largest absolute Gasteiger partial charge is 0.399 e. The van der Waals surface area contributed by atoms with E-state index >= 15 is 0 Å². The number of rotatable bonds is 3. The lowest BCUT2D eigenvalue weighted by Gasteiger charge is -2.10. The predicted molar refractivity (Wildman–Crippen MR) is 57.0 cm³/mol. The average Bonchev–Trinajstić information content (AvgIpc) is 2.17. The number of hydrogen-bond donors (Lipinski definition) is 3. The summed E-state index contributed by atoms with van der Waals surface area (Å²) in [5.74, 6) is -0.944. The van der Waals surface area contributed by atoms with E-state index in [2.05, 4.69) is 5.32 Å². The number of anilines is 1. The third-order valence-electron chi connectivity index (χ3n) is 1.92. The molecule has 0 saturated heterocycles. The third-order valence-corrected chi connectivity index (χ3v) is 1.92. The van der Waals surface area contributed by atoms with E-state index in [0.717, 1.165) is 0 Å². The first-order chi connectivity index (χ1) is 7.00. The van der Waals surface area contributed by atoms with E-state index in [1.807, 2.05) is 0 Å². The lowest BCUT2D eigenvalue weighted by atomic mass is 10.2. The van der Waals surface area contributed by atoms with Gasteiger partial charge in [-0.1, -0.05) is 6.07 Å². The minimum absolute atomic E-state index is 0.367. The highest BCUT2D eigenvalue weighted by atomic mass is 16.2. The van der Waals surface area contributed by atoms with Crippen molar-refractivity contribution in [2.45, 2.75) is 13.0 Å². The summed E-state index contributed by atoms with van der Waals surface area (Å²) in [5, 5.41) is 2.45. The Morgan fingerprint density at radius 1 is 1.40 bits per heavy atom. The van der Waals surface area contributed by atoms with E-state index < -0.39 is 11.9 Å². The summed E-state index contributed by atoms with van der Waals surface area (Å²) in [7, 11) is 0. The molecule has 0 radical (unpaired) electrons. The highest BCUT2D eigenvalue weighted by Crippen LogP contribution is 2.06. The molecule has 1 rings (SSSR count). The molecular formula is C10H13N3O2. The Hall–Kier alpha value is -2.04. The fourth-order valence-corrected chi connectivity index (χ4v) is 1.03. The van der Waals surface area contributed by atoms with Crippen molar-refractivity contribution >= 4 is 17.5 Å². The minimum Gasteiger partial charge on any atom is -0.399 e. The van der Waals surface area contributed by atoms with Crippen LogP contribution in [0, 0.1) is 0 Å². The summed E-state index contributed by atoms with van der Waals surface area (Å²) in [5.41, 5.74) is 11.4. The zero-order chi connectivity index (χ0) is 11.4. The number of primary amides is 1. The average molecular weight is 207 g/mol. The van der Waals surface area contributed by atoms with Gasteiger partial charge in [-0.2, -0.15) is 0 Å². The van der Waals surface area contributed by atoms with Crippen molar-refractivity contribution < 1.29 is 9.59 Å². The Bertz CT molecular complexity index is 390. The van der Waals surface area contributed by atoms with Gasteiger partial charge in [0, 0.05) is 11.3 Å². The Morgan fingerprint density at radius 2 is 2.07 bits per heavy atom. The zero-order valence-corrected chi connectivity index (χ0v) is 8.36. The van der Waals surface area contributed by atoms with Crippen molar-refractivity contribution in [3.05, 3.63) is 29.8 Å². The van der Waals surface area contributed by atoms with Crippen molar-refractivity contribution in [2.24, 2.45) is 5.73 Å². The normalized spacial score (nSPS) is 11.8. The molecule has 1 aromatic rings. The first kappa shape index (κ1) is 11.0. The Morgan fingerprint density at radius 3 is 2.60 bits per heavy atom. The van der Waals surface area contributed by atoms with Gasteiger partial charge in [-0.3, -0.25) is 9.59 Å². The highest BCUT2D eigenvalue weighted by molar-refractivity contribution is 5.97. The van der Waals surface area contributed by atoms with Crippen LogP contribution in [0.1, 0.15) is 17.3 Å². The van der Waals surface area contributed by atoms with Crippen molar-refractivity contribution in [1.82, 2.24) is 5.32 Å². The van der Waals surface area contributed by atoms with Crippen LogP contribution in [0.4, 0.5) is 5.69 Å². The number of carbonyl (C=O) groups is 2. The minimum atomic E-state index is -0.695. The van der Waals surface area contributed by atoms with Gasteiger partial charge < -0.3 is 16.8 Å². The molecule has 0 spiro atoms. The highest BCUT2D eigenvalue weighted by Gasteiger charge is 2.13. The molecule has 0 bridgehead atoms. The Balaban J connectivity index is 2.73. The van der Waals surface area contributed by atoms with E-state index in [1.165, 1.54) is 13.0 Å². The molecule has 5 heteroatoms. The number of benzene rings is 1. The second-order valence-electron chi connectivity index (χ2n) is 3.22. The summed E-state index contributed by atoms with van der Waals surface area (Å²) in [6.45, 7) is 1.52. The monoisotopic (exact) mass is 207 g/mol. The molecule has 0 aliphatic heterocycles. The maximum absolute atomic E-state index is 11.5. The van der Waals surface area contributed by atoms with E-state index in [1.54, 1.807) is 18.2 Å². The maximum atomic E-state index is 11.5. The van der Waals surface area contributed by atoms with Gasteiger partial charge in [0.2, 0.25) is 5.91 Å². The predicted octanol–water partition coefficient (Wildman–Crippen LogP) is -0.128. The van der Waals surface area contributed by atoms with Crippen LogP contribution in [0.3, 0.4) is 0 Å². The molecule has 5 nitrogen and oxygen atoms in total. The smallest absolute Gasteiger partial charge is 0.251 e. The number of nitrogen functional groups attached to an aromatic ring is 1. The van der Waals surface area contributed by atoms with Gasteiger partial charge in [-0.25, -0.2) is 0 Å². The summed E-state index contributed by atoms with van der Waals surface area (Å²) in [4.78, 5) is 22.3. The number of carbonyl (C=O) groups excluding carboxylic acids is 2. The third kappa shape index (κ3) is 2.98. The molecule has 0 aliphatic carbocycles. The van der Waals surface area contributed by atoms with Crippen molar-refractivity contribution in [2.75, 3.05) is 5.73 Å². The summed E-state index contributed by atoms with van der Waals surface area (Å²) >= 11 is 0. The van der Waals surface area contributed by atoms with Gasteiger partial charge in [0.05, 0.1) is 0 Å². The van der Waals surface area contributed by atoms with Crippen LogP contribution < -0.4 is 16.8 Å². The SMILES string of the molecule is CC(NC(=O)c1cccc(N)c1)C(N)=O. The van der Waals surface area contributed by atoms with Gasteiger partial charge >= 0.3 is 0 Å². The fraction of sp³-hybridized carbons (Fsp3) is 0.200. The quantitative estimate of drug-likeness (QED) is 0.602. The first-order valence-electron chi connectivity index (χ1n) is 4.46. The standard InChI is InChI=1S/C10H13N3O2/c1-6(9(12)14)13-10(15)7-3-2-4-8(11)5-7/h2-6H,11H2,1H3,(H2,12,14)(H,13,15). The number of nitrogens with two attached hydrogens (primary N) is 2. The fourth-order valence-electron chi connectivity index (χ4n) is 1.03. The number of hydrogen-bond acceptors (Lipinski definition) is 3. The molecule has 0 saturated carbocycles. The summed E-state index contributed by atoms with van der Waals surface area (Å²) < 4.78 is 0. The molecule has 1 atom stereocenters. The van der Waals surface area contributed by atoms with Crippen LogP contribution >= 0.6 is 0 Å². The maximum Gasteiger partial charge on any atom is 0.251 e. The second-order valence-corrected chi connectivity index (χ2v) is 3.22. The summed E-state index contributed by atoms with van der Waals surface area (Å²) in [6, 6.07) is 5.79. The van der Waals surface area contributed by atoms with Gasteiger partial charge in [-0.15, -0.1) is 0 Å². The zero-order valence-electron chi connectivity index (χ0n) is 8.36. The topological polar surface area (TPSA) is 98.2 Å².